The Morgan fingerprint density at radius 3 is 2.50 bits per heavy atom. The van der Waals surface area contributed by atoms with E-state index in [1.54, 1.807) is 12.1 Å². The first-order valence-corrected chi connectivity index (χ1v) is 7.25. The highest BCUT2D eigenvalue weighted by Gasteiger charge is 2.25. The molecule has 0 saturated carbocycles. The number of benzene rings is 1. The zero-order chi connectivity index (χ0) is 14.5. The van der Waals surface area contributed by atoms with Crippen LogP contribution in [0.4, 0.5) is 4.39 Å². The Morgan fingerprint density at radius 1 is 1.35 bits per heavy atom. The predicted molar refractivity (Wildman–Crippen MR) is 76.1 cm³/mol. The van der Waals surface area contributed by atoms with Gasteiger partial charge in [-0.3, -0.25) is 9.69 Å². The fourth-order valence-electron chi connectivity index (χ4n) is 2.82. The second-order valence-corrected chi connectivity index (χ2v) is 5.80. The third kappa shape index (κ3) is 4.30. The Morgan fingerprint density at radius 2 is 1.95 bits per heavy atom. The molecule has 3 nitrogen and oxygen atoms in total. The van der Waals surface area contributed by atoms with Crippen molar-refractivity contribution in [1.82, 2.24) is 4.90 Å². The third-order valence-electron chi connectivity index (χ3n) is 4.13. The SMILES string of the molecule is CC1CCN(C(CC(=O)O)Cc2ccc(F)cc2)CC1. The number of rotatable bonds is 5. The van der Waals surface area contributed by atoms with Crippen molar-refractivity contribution in [2.75, 3.05) is 13.1 Å². The first kappa shape index (κ1) is 15.0. The molecule has 1 N–H and O–H groups in total. The van der Waals surface area contributed by atoms with E-state index in [-0.39, 0.29) is 18.3 Å². The lowest BCUT2D eigenvalue weighted by molar-refractivity contribution is -0.138. The van der Waals surface area contributed by atoms with E-state index in [0.29, 0.717) is 6.42 Å². The molecule has 4 heteroatoms. The summed E-state index contributed by atoms with van der Waals surface area (Å²) in [6.07, 6.45) is 3.06. The molecule has 0 radical (unpaired) electrons. The summed E-state index contributed by atoms with van der Waals surface area (Å²) < 4.78 is 12.9. The minimum atomic E-state index is -0.768. The number of likely N-dealkylation sites (tertiary alicyclic amines) is 1. The van der Waals surface area contributed by atoms with Crippen molar-refractivity contribution in [3.8, 4) is 0 Å². The molecule has 0 aromatic heterocycles. The Kier molecular flexibility index (Phi) is 5.12. The average Bonchev–Trinajstić information content (AvgIpc) is 2.41. The van der Waals surface area contributed by atoms with Gasteiger partial charge in [-0.2, -0.15) is 0 Å². The maximum absolute atomic E-state index is 12.9. The van der Waals surface area contributed by atoms with Gasteiger partial charge in [0.05, 0.1) is 6.42 Å². The molecule has 1 saturated heterocycles. The summed E-state index contributed by atoms with van der Waals surface area (Å²) in [5.74, 6) is -0.298. The van der Waals surface area contributed by atoms with Gasteiger partial charge in [-0.15, -0.1) is 0 Å². The lowest BCUT2D eigenvalue weighted by atomic mass is 9.94. The smallest absolute Gasteiger partial charge is 0.304 e. The Balaban J connectivity index is 2.03. The summed E-state index contributed by atoms with van der Waals surface area (Å²) in [6, 6.07) is 6.37. The van der Waals surface area contributed by atoms with Gasteiger partial charge in [0, 0.05) is 6.04 Å². The standard InChI is InChI=1S/C16H22FNO2/c1-12-6-8-18(9-7-12)15(11-16(19)20)10-13-2-4-14(17)5-3-13/h2-5,12,15H,6-11H2,1H3,(H,19,20). The molecule has 1 aromatic rings. The van der Waals surface area contributed by atoms with Gasteiger partial charge < -0.3 is 5.11 Å². The van der Waals surface area contributed by atoms with Crippen LogP contribution in [-0.2, 0) is 11.2 Å². The molecule has 0 aliphatic carbocycles. The van der Waals surface area contributed by atoms with E-state index < -0.39 is 5.97 Å². The third-order valence-corrected chi connectivity index (χ3v) is 4.13. The van der Waals surface area contributed by atoms with Crippen LogP contribution < -0.4 is 0 Å². The van der Waals surface area contributed by atoms with Crippen LogP contribution in [-0.4, -0.2) is 35.1 Å². The summed E-state index contributed by atoms with van der Waals surface area (Å²) in [6.45, 7) is 4.16. The lowest BCUT2D eigenvalue weighted by Crippen LogP contribution is -2.43. The van der Waals surface area contributed by atoms with E-state index in [1.165, 1.54) is 12.1 Å². The summed E-state index contributed by atoms with van der Waals surface area (Å²) >= 11 is 0. The Hall–Kier alpha value is -1.42. The van der Waals surface area contributed by atoms with Crippen LogP contribution in [0.5, 0.6) is 0 Å². The minimum Gasteiger partial charge on any atom is -0.481 e. The second kappa shape index (κ2) is 6.84. The zero-order valence-electron chi connectivity index (χ0n) is 11.9. The van der Waals surface area contributed by atoms with Gasteiger partial charge in [0.15, 0.2) is 0 Å². The second-order valence-electron chi connectivity index (χ2n) is 5.80. The fourth-order valence-corrected chi connectivity index (χ4v) is 2.82. The van der Waals surface area contributed by atoms with Gasteiger partial charge in [-0.25, -0.2) is 4.39 Å². The Labute approximate surface area is 119 Å². The van der Waals surface area contributed by atoms with Crippen LogP contribution >= 0.6 is 0 Å². The summed E-state index contributed by atoms with van der Waals surface area (Å²) in [7, 11) is 0. The van der Waals surface area contributed by atoms with Gasteiger partial charge in [0.2, 0.25) is 0 Å². The predicted octanol–water partition coefficient (Wildman–Crippen LogP) is 2.94. The van der Waals surface area contributed by atoms with Gasteiger partial charge in [0.25, 0.3) is 0 Å². The summed E-state index contributed by atoms with van der Waals surface area (Å²) in [5, 5.41) is 9.10. The molecule has 1 aromatic carbocycles. The highest BCUT2D eigenvalue weighted by Crippen LogP contribution is 2.21. The van der Waals surface area contributed by atoms with Gasteiger partial charge in [0.1, 0.15) is 5.82 Å². The van der Waals surface area contributed by atoms with Crippen molar-refractivity contribution in [3.63, 3.8) is 0 Å². The lowest BCUT2D eigenvalue weighted by Gasteiger charge is -2.36. The number of hydrogen-bond acceptors (Lipinski definition) is 2. The molecule has 1 heterocycles. The van der Waals surface area contributed by atoms with Crippen molar-refractivity contribution in [3.05, 3.63) is 35.6 Å². The van der Waals surface area contributed by atoms with Crippen molar-refractivity contribution < 1.29 is 14.3 Å². The van der Waals surface area contributed by atoms with E-state index in [2.05, 4.69) is 11.8 Å². The minimum absolute atomic E-state index is 0.00506. The maximum atomic E-state index is 12.9. The number of carboxylic acids is 1. The fraction of sp³-hybridized carbons (Fsp3) is 0.562. The van der Waals surface area contributed by atoms with Crippen LogP contribution in [0.25, 0.3) is 0 Å². The first-order valence-electron chi connectivity index (χ1n) is 7.25. The van der Waals surface area contributed by atoms with E-state index in [4.69, 9.17) is 5.11 Å². The van der Waals surface area contributed by atoms with E-state index in [0.717, 1.165) is 37.4 Å². The van der Waals surface area contributed by atoms with Gasteiger partial charge >= 0.3 is 5.97 Å². The average molecular weight is 279 g/mol. The number of carbonyl (C=O) groups is 1. The van der Waals surface area contributed by atoms with Crippen LogP contribution in [0.1, 0.15) is 31.7 Å². The van der Waals surface area contributed by atoms with Crippen LogP contribution in [0, 0.1) is 11.7 Å². The normalized spacial score (nSPS) is 18.9. The highest BCUT2D eigenvalue weighted by molar-refractivity contribution is 5.67. The topological polar surface area (TPSA) is 40.5 Å². The summed E-state index contributed by atoms with van der Waals surface area (Å²) in [4.78, 5) is 13.3. The van der Waals surface area contributed by atoms with Crippen LogP contribution in [0.15, 0.2) is 24.3 Å². The first-order chi connectivity index (χ1) is 9.54. The van der Waals surface area contributed by atoms with E-state index >= 15 is 0 Å². The van der Waals surface area contributed by atoms with Gasteiger partial charge in [-0.1, -0.05) is 19.1 Å². The number of piperidine rings is 1. The van der Waals surface area contributed by atoms with Crippen molar-refractivity contribution in [1.29, 1.82) is 0 Å². The number of nitrogens with zero attached hydrogens (tertiary/aromatic N) is 1. The Bertz CT molecular complexity index is 438. The van der Waals surface area contributed by atoms with E-state index in [1.807, 2.05) is 0 Å². The number of carboxylic acid groups (broad SMARTS) is 1. The molecule has 1 aliphatic heterocycles. The van der Waals surface area contributed by atoms with Crippen LogP contribution in [0.3, 0.4) is 0 Å². The zero-order valence-corrected chi connectivity index (χ0v) is 11.9. The molecule has 2 rings (SSSR count). The molecule has 1 atom stereocenters. The molecular weight excluding hydrogens is 257 g/mol. The molecule has 1 fully saturated rings. The molecular formula is C16H22FNO2. The maximum Gasteiger partial charge on any atom is 0.304 e. The number of halogens is 1. The molecule has 0 bridgehead atoms. The largest absolute Gasteiger partial charge is 0.481 e. The highest BCUT2D eigenvalue weighted by atomic mass is 19.1. The monoisotopic (exact) mass is 279 g/mol. The molecule has 0 spiro atoms. The molecule has 1 aliphatic rings. The number of hydrogen-bond donors (Lipinski definition) is 1. The van der Waals surface area contributed by atoms with Crippen LogP contribution in [0.2, 0.25) is 0 Å². The summed E-state index contributed by atoms with van der Waals surface area (Å²) in [5.41, 5.74) is 0.997. The molecule has 0 amide bonds. The number of aliphatic carboxylic acids is 1. The van der Waals surface area contributed by atoms with Crippen molar-refractivity contribution >= 4 is 5.97 Å². The van der Waals surface area contributed by atoms with Gasteiger partial charge in [-0.05, 0) is 56.0 Å². The molecule has 110 valence electrons. The van der Waals surface area contributed by atoms with Crippen molar-refractivity contribution in [2.45, 2.75) is 38.6 Å². The van der Waals surface area contributed by atoms with E-state index in [9.17, 15) is 9.18 Å². The molecule has 1 unspecified atom stereocenters. The quantitative estimate of drug-likeness (QED) is 0.901. The molecule has 20 heavy (non-hydrogen) atoms. The van der Waals surface area contributed by atoms with Crippen molar-refractivity contribution in [2.24, 2.45) is 5.92 Å².